The van der Waals surface area contributed by atoms with Crippen LogP contribution in [0, 0.1) is 0 Å². The maximum atomic E-state index is 5.50. The summed E-state index contributed by atoms with van der Waals surface area (Å²) < 4.78 is 5.17. The smallest absolute Gasteiger partial charge is 0.171 e. The van der Waals surface area contributed by atoms with E-state index in [4.69, 9.17) is 17.0 Å². The van der Waals surface area contributed by atoms with Gasteiger partial charge in [0.15, 0.2) is 5.11 Å². The van der Waals surface area contributed by atoms with Crippen LogP contribution in [0.2, 0.25) is 0 Å². The van der Waals surface area contributed by atoms with Crippen molar-refractivity contribution >= 4 is 23.0 Å². The van der Waals surface area contributed by atoms with E-state index in [1.807, 2.05) is 54.6 Å². The van der Waals surface area contributed by atoms with Crippen molar-refractivity contribution in [3.63, 3.8) is 0 Å². The molecule has 1 aromatic heterocycles. The van der Waals surface area contributed by atoms with Crippen LogP contribution in [0.5, 0.6) is 5.75 Å². The number of methoxy groups -OCH3 is 1. The number of hydrogen-bond donors (Lipinski definition) is 2. The fourth-order valence-corrected chi connectivity index (χ4v) is 2.77. The molecular weight excluding hydrogens is 330 g/mol. The minimum Gasteiger partial charge on any atom is -0.497 e. The van der Waals surface area contributed by atoms with E-state index in [-0.39, 0.29) is 6.04 Å². The highest BCUT2D eigenvalue weighted by atomic mass is 32.1. The molecule has 1 atom stereocenters. The van der Waals surface area contributed by atoms with E-state index in [1.165, 1.54) is 0 Å². The maximum absolute atomic E-state index is 5.50. The number of anilines is 1. The average Bonchev–Trinajstić information content (AvgIpc) is 2.68. The topological polar surface area (TPSA) is 46.2 Å². The first-order chi connectivity index (χ1) is 12.3. The quantitative estimate of drug-likeness (QED) is 0.677. The maximum Gasteiger partial charge on any atom is 0.171 e. The molecule has 0 aliphatic rings. The van der Waals surface area contributed by atoms with Crippen molar-refractivity contribution in [2.24, 2.45) is 0 Å². The summed E-state index contributed by atoms with van der Waals surface area (Å²) in [5.41, 5.74) is 3.13. The summed E-state index contributed by atoms with van der Waals surface area (Å²) in [6, 6.07) is 21.8. The minimum atomic E-state index is -0.0533. The molecule has 0 aliphatic heterocycles. The molecule has 5 heteroatoms. The normalized spacial score (nSPS) is 11.4. The van der Waals surface area contributed by atoms with Gasteiger partial charge < -0.3 is 15.4 Å². The van der Waals surface area contributed by atoms with E-state index < -0.39 is 0 Å². The molecule has 0 unspecified atom stereocenters. The Morgan fingerprint density at radius 3 is 2.20 bits per heavy atom. The van der Waals surface area contributed by atoms with Gasteiger partial charge in [-0.1, -0.05) is 30.3 Å². The van der Waals surface area contributed by atoms with Crippen molar-refractivity contribution in [3.05, 3.63) is 90.3 Å². The van der Waals surface area contributed by atoms with Crippen molar-refractivity contribution in [2.75, 3.05) is 12.4 Å². The molecule has 0 saturated heterocycles. The third kappa shape index (κ3) is 4.55. The van der Waals surface area contributed by atoms with Gasteiger partial charge in [0.25, 0.3) is 0 Å². The molecule has 0 radical (unpaired) electrons. The number of aromatic nitrogens is 1. The Labute approximate surface area is 152 Å². The number of pyridine rings is 1. The van der Waals surface area contributed by atoms with Crippen molar-refractivity contribution in [1.29, 1.82) is 0 Å². The molecule has 2 N–H and O–H groups in total. The fourth-order valence-electron chi connectivity index (χ4n) is 2.53. The highest BCUT2D eigenvalue weighted by Gasteiger charge is 2.15. The lowest BCUT2D eigenvalue weighted by Gasteiger charge is -2.22. The van der Waals surface area contributed by atoms with Crippen LogP contribution in [0.1, 0.15) is 17.2 Å². The summed E-state index contributed by atoms with van der Waals surface area (Å²) in [5.74, 6) is 0.809. The first kappa shape index (κ1) is 16.9. The molecule has 0 amide bonds. The van der Waals surface area contributed by atoms with E-state index in [0.717, 1.165) is 22.6 Å². The monoisotopic (exact) mass is 349 g/mol. The Morgan fingerprint density at radius 2 is 1.56 bits per heavy atom. The van der Waals surface area contributed by atoms with E-state index >= 15 is 0 Å². The molecule has 2 aromatic carbocycles. The van der Waals surface area contributed by atoms with Crippen LogP contribution < -0.4 is 15.4 Å². The van der Waals surface area contributed by atoms with Crippen LogP contribution >= 0.6 is 12.2 Å². The predicted octanol–water partition coefficient (Wildman–Crippen LogP) is 4.17. The van der Waals surface area contributed by atoms with Crippen molar-refractivity contribution in [1.82, 2.24) is 10.3 Å². The predicted molar refractivity (Wildman–Crippen MR) is 105 cm³/mol. The largest absolute Gasteiger partial charge is 0.497 e. The van der Waals surface area contributed by atoms with Crippen LogP contribution in [0.4, 0.5) is 5.69 Å². The van der Waals surface area contributed by atoms with E-state index in [0.29, 0.717) is 5.11 Å². The summed E-state index contributed by atoms with van der Waals surface area (Å²) in [5, 5.41) is 7.15. The molecular formula is C20H19N3OS. The second-order valence-corrected chi connectivity index (χ2v) is 5.86. The van der Waals surface area contributed by atoms with Crippen LogP contribution in [-0.4, -0.2) is 17.2 Å². The minimum absolute atomic E-state index is 0.0533. The Morgan fingerprint density at radius 1 is 0.920 bits per heavy atom. The molecule has 0 bridgehead atoms. The second kappa shape index (κ2) is 8.26. The third-order valence-corrected chi connectivity index (χ3v) is 4.02. The molecule has 4 nitrogen and oxygen atoms in total. The first-order valence-corrected chi connectivity index (χ1v) is 8.33. The SMILES string of the molecule is COc1ccc(NC(=S)N[C@H](c2ccccc2)c2ccncc2)cc1. The molecule has 0 fully saturated rings. The van der Waals surface area contributed by atoms with Gasteiger partial charge in [0.2, 0.25) is 0 Å². The summed E-state index contributed by atoms with van der Waals surface area (Å²) in [7, 11) is 1.65. The van der Waals surface area contributed by atoms with Gasteiger partial charge in [-0.25, -0.2) is 0 Å². The molecule has 126 valence electrons. The summed E-state index contributed by atoms with van der Waals surface area (Å²) >= 11 is 5.50. The number of hydrogen-bond acceptors (Lipinski definition) is 3. The highest BCUT2D eigenvalue weighted by molar-refractivity contribution is 7.80. The van der Waals surface area contributed by atoms with Crippen LogP contribution in [0.15, 0.2) is 79.1 Å². The Hall–Kier alpha value is -2.92. The zero-order chi connectivity index (χ0) is 17.5. The Balaban J connectivity index is 1.76. The second-order valence-electron chi connectivity index (χ2n) is 5.45. The molecule has 0 aliphatic carbocycles. The van der Waals surface area contributed by atoms with Crippen LogP contribution in [0.25, 0.3) is 0 Å². The standard InChI is InChI=1S/C20H19N3OS/c1-24-18-9-7-17(8-10-18)22-20(25)23-19(15-5-3-2-4-6-15)16-11-13-21-14-12-16/h2-14,19H,1H3,(H2,22,23,25)/t19-/m1/s1. The highest BCUT2D eigenvalue weighted by Crippen LogP contribution is 2.22. The average molecular weight is 349 g/mol. The lowest BCUT2D eigenvalue weighted by atomic mass is 10.00. The number of ether oxygens (including phenoxy) is 1. The van der Waals surface area contributed by atoms with E-state index in [2.05, 4.69) is 27.8 Å². The lowest BCUT2D eigenvalue weighted by Crippen LogP contribution is -2.33. The van der Waals surface area contributed by atoms with Gasteiger partial charge >= 0.3 is 0 Å². The van der Waals surface area contributed by atoms with Crippen molar-refractivity contribution < 1.29 is 4.74 Å². The van der Waals surface area contributed by atoms with Gasteiger partial charge in [-0.2, -0.15) is 0 Å². The van der Waals surface area contributed by atoms with Gasteiger partial charge in [0.1, 0.15) is 5.75 Å². The first-order valence-electron chi connectivity index (χ1n) is 7.92. The molecule has 0 spiro atoms. The lowest BCUT2D eigenvalue weighted by molar-refractivity contribution is 0.415. The van der Waals surface area contributed by atoms with Crippen LogP contribution in [-0.2, 0) is 0 Å². The van der Waals surface area contributed by atoms with Crippen LogP contribution in [0.3, 0.4) is 0 Å². The molecule has 1 heterocycles. The molecule has 25 heavy (non-hydrogen) atoms. The summed E-state index contributed by atoms with van der Waals surface area (Å²) in [6.07, 6.45) is 3.57. The number of nitrogens with zero attached hydrogens (tertiary/aromatic N) is 1. The zero-order valence-electron chi connectivity index (χ0n) is 13.8. The van der Waals surface area contributed by atoms with Gasteiger partial charge in [-0.05, 0) is 59.7 Å². The number of benzene rings is 2. The fraction of sp³-hybridized carbons (Fsp3) is 0.100. The molecule has 3 rings (SSSR count). The van der Waals surface area contributed by atoms with Gasteiger partial charge in [-0.3, -0.25) is 4.98 Å². The van der Waals surface area contributed by atoms with Crippen molar-refractivity contribution in [2.45, 2.75) is 6.04 Å². The summed E-state index contributed by atoms with van der Waals surface area (Å²) in [6.45, 7) is 0. The summed E-state index contributed by atoms with van der Waals surface area (Å²) in [4.78, 5) is 4.10. The van der Waals surface area contributed by atoms with E-state index in [9.17, 15) is 0 Å². The molecule has 3 aromatic rings. The van der Waals surface area contributed by atoms with Gasteiger partial charge in [-0.15, -0.1) is 0 Å². The van der Waals surface area contributed by atoms with E-state index in [1.54, 1.807) is 19.5 Å². The number of thiocarbonyl (C=S) groups is 1. The third-order valence-electron chi connectivity index (χ3n) is 3.80. The zero-order valence-corrected chi connectivity index (χ0v) is 14.7. The Bertz CT molecular complexity index is 768. The molecule has 0 saturated carbocycles. The van der Waals surface area contributed by atoms with Crippen molar-refractivity contribution in [3.8, 4) is 5.75 Å². The Kier molecular flexibility index (Phi) is 5.59. The van der Waals surface area contributed by atoms with Gasteiger partial charge in [0.05, 0.1) is 13.2 Å². The number of nitrogens with one attached hydrogen (secondary N) is 2. The number of rotatable bonds is 5. The van der Waals surface area contributed by atoms with Gasteiger partial charge in [0, 0.05) is 18.1 Å².